The Morgan fingerprint density at radius 1 is 0.976 bits per heavy atom. The van der Waals surface area contributed by atoms with Crippen LogP contribution >= 0.6 is 0 Å². The van der Waals surface area contributed by atoms with Crippen LogP contribution in [0.1, 0.15) is 5.56 Å². The average molecular weight is 553 g/mol. The van der Waals surface area contributed by atoms with E-state index in [2.05, 4.69) is 32.0 Å². The number of aromatic nitrogens is 2. The van der Waals surface area contributed by atoms with Gasteiger partial charge in [-0.1, -0.05) is 30.8 Å². The van der Waals surface area contributed by atoms with Gasteiger partial charge in [0.05, 0.1) is 29.9 Å². The van der Waals surface area contributed by atoms with Crippen LogP contribution in [0.4, 0.5) is 23.0 Å². The molecule has 1 aromatic heterocycles. The second-order valence-corrected chi connectivity index (χ2v) is 9.79. The standard InChI is InChI=1S/C32H36N6O3/c1-7-31(39)34-26-20-27(30(40-6)21-28(26)38(5)18-17-37(3)4)36-32-33-16-15-25(35-32)24-14-13-22(2)19-29(24)41-23-11-9-8-10-12-23/h7-16,19-21H,1,17-18H2,2-6H3,(H,34,39)(H,33,35,36). The summed E-state index contributed by atoms with van der Waals surface area (Å²) in [5.41, 5.74) is 4.59. The summed E-state index contributed by atoms with van der Waals surface area (Å²) in [6.07, 6.45) is 2.93. The highest BCUT2D eigenvalue weighted by atomic mass is 16.5. The molecule has 1 heterocycles. The average Bonchev–Trinajstić information content (AvgIpc) is 2.96. The summed E-state index contributed by atoms with van der Waals surface area (Å²) in [7, 11) is 7.60. The molecule has 212 valence electrons. The van der Waals surface area contributed by atoms with E-state index in [-0.39, 0.29) is 5.91 Å². The number of nitrogens with zero attached hydrogens (tertiary/aromatic N) is 4. The Balaban J connectivity index is 1.68. The highest BCUT2D eigenvalue weighted by Crippen LogP contribution is 2.38. The lowest BCUT2D eigenvalue weighted by atomic mass is 10.1. The summed E-state index contributed by atoms with van der Waals surface area (Å²) in [4.78, 5) is 25.7. The minimum atomic E-state index is -0.313. The molecule has 2 N–H and O–H groups in total. The molecule has 0 aliphatic rings. The van der Waals surface area contributed by atoms with Gasteiger partial charge in [-0.25, -0.2) is 9.97 Å². The molecule has 4 rings (SSSR count). The number of carbonyl (C=O) groups is 1. The van der Waals surface area contributed by atoms with Gasteiger partial charge in [-0.15, -0.1) is 0 Å². The van der Waals surface area contributed by atoms with Crippen LogP contribution in [0.15, 0.2) is 85.6 Å². The fourth-order valence-corrected chi connectivity index (χ4v) is 4.14. The Bertz CT molecular complexity index is 1510. The van der Waals surface area contributed by atoms with Crippen molar-refractivity contribution < 1.29 is 14.3 Å². The number of nitrogens with one attached hydrogen (secondary N) is 2. The van der Waals surface area contributed by atoms with Gasteiger partial charge >= 0.3 is 0 Å². The van der Waals surface area contributed by atoms with Gasteiger partial charge in [0.15, 0.2) is 0 Å². The Kier molecular flexibility index (Phi) is 9.55. The molecule has 1 amide bonds. The maximum Gasteiger partial charge on any atom is 0.247 e. The first-order chi connectivity index (χ1) is 19.8. The molecule has 0 bridgehead atoms. The van der Waals surface area contributed by atoms with E-state index in [1.54, 1.807) is 13.3 Å². The number of anilines is 4. The van der Waals surface area contributed by atoms with Crippen LogP contribution in [-0.4, -0.2) is 62.1 Å². The number of aryl methyl sites for hydroxylation is 1. The molecule has 4 aromatic rings. The summed E-state index contributed by atoms with van der Waals surface area (Å²) in [6.45, 7) is 7.19. The number of ether oxygens (including phenoxy) is 2. The molecule has 0 saturated carbocycles. The van der Waals surface area contributed by atoms with Crippen molar-refractivity contribution in [2.75, 3.05) is 56.9 Å². The summed E-state index contributed by atoms with van der Waals surface area (Å²) in [5.74, 6) is 2.05. The Hall–Kier alpha value is -4.89. The van der Waals surface area contributed by atoms with Crippen LogP contribution in [0.5, 0.6) is 17.2 Å². The molecule has 3 aromatic carbocycles. The fourth-order valence-electron chi connectivity index (χ4n) is 4.14. The van der Waals surface area contributed by atoms with Crippen molar-refractivity contribution in [2.45, 2.75) is 6.92 Å². The SMILES string of the molecule is C=CC(=O)Nc1cc(Nc2nccc(-c3ccc(C)cc3Oc3ccccc3)n2)c(OC)cc1N(C)CCN(C)C. The predicted octanol–water partition coefficient (Wildman–Crippen LogP) is 6.12. The third-order valence-electron chi connectivity index (χ3n) is 6.34. The van der Waals surface area contributed by atoms with E-state index in [1.807, 2.05) is 94.8 Å². The highest BCUT2D eigenvalue weighted by Gasteiger charge is 2.17. The van der Waals surface area contributed by atoms with E-state index in [0.29, 0.717) is 34.5 Å². The van der Waals surface area contributed by atoms with E-state index in [4.69, 9.17) is 14.5 Å². The quantitative estimate of drug-likeness (QED) is 0.203. The molecule has 0 spiro atoms. The van der Waals surface area contributed by atoms with Crippen molar-refractivity contribution in [1.29, 1.82) is 0 Å². The number of methoxy groups -OCH3 is 1. The zero-order valence-electron chi connectivity index (χ0n) is 24.1. The van der Waals surface area contributed by atoms with Gasteiger partial charge in [-0.3, -0.25) is 4.79 Å². The monoisotopic (exact) mass is 552 g/mol. The van der Waals surface area contributed by atoms with E-state index in [1.165, 1.54) is 6.08 Å². The van der Waals surface area contributed by atoms with Gasteiger partial charge in [0.25, 0.3) is 0 Å². The van der Waals surface area contributed by atoms with Crippen molar-refractivity contribution >= 4 is 28.9 Å². The Morgan fingerprint density at radius 3 is 2.46 bits per heavy atom. The number of carbonyl (C=O) groups excluding carboxylic acids is 1. The molecule has 0 radical (unpaired) electrons. The largest absolute Gasteiger partial charge is 0.494 e. The van der Waals surface area contributed by atoms with Crippen molar-refractivity contribution in [3.63, 3.8) is 0 Å². The Morgan fingerprint density at radius 2 is 1.76 bits per heavy atom. The maximum absolute atomic E-state index is 12.3. The van der Waals surface area contributed by atoms with E-state index < -0.39 is 0 Å². The first kappa shape index (κ1) is 29.1. The third kappa shape index (κ3) is 7.61. The molecule has 0 unspecified atom stereocenters. The highest BCUT2D eigenvalue weighted by molar-refractivity contribution is 6.02. The van der Waals surface area contributed by atoms with E-state index in [0.717, 1.165) is 35.7 Å². The molecule has 0 fully saturated rings. The zero-order chi connectivity index (χ0) is 29.4. The molecule has 0 saturated heterocycles. The first-order valence-corrected chi connectivity index (χ1v) is 13.2. The second-order valence-electron chi connectivity index (χ2n) is 9.79. The van der Waals surface area contributed by atoms with E-state index >= 15 is 0 Å². The van der Waals surface area contributed by atoms with Gasteiger partial charge in [0.2, 0.25) is 11.9 Å². The van der Waals surface area contributed by atoms with Crippen molar-refractivity contribution in [3.05, 3.63) is 91.1 Å². The summed E-state index contributed by atoms with van der Waals surface area (Å²) in [6, 6.07) is 21.2. The summed E-state index contributed by atoms with van der Waals surface area (Å²) in [5, 5.41) is 6.18. The fraction of sp³-hybridized carbons (Fsp3) is 0.219. The van der Waals surface area contributed by atoms with Crippen molar-refractivity contribution in [2.24, 2.45) is 0 Å². The molecular weight excluding hydrogens is 516 g/mol. The molecule has 0 atom stereocenters. The van der Waals surface area contributed by atoms with Gasteiger partial charge in [-0.05, 0) is 69.1 Å². The molecule has 9 nitrogen and oxygen atoms in total. The van der Waals surface area contributed by atoms with Crippen LogP contribution < -0.4 is 25.0 Å². The van der Waals surface area contributed by atoms with Gasteiger partial charge in [-0.2, -0.15) is 0 Å². The third-order valence-corrected chi connectivity index (χ3v) is 6.34. The number of amides is 1. The predicted molar refractivity (Wildman–Crippen MR) is 166 cm³/mol. The lowest BCUT2D eigenvalue weighted by Gasteiger charge is -2.26. The number of hydrogen-bond donors (Lipinski definition) is 2. The smallest absolute Gasteiger partial charge is 0.247 e. The number of likely N-dealkylation sites (N-methyl/N-ethyl adjacent to an activating group) is 2. The lowest BCUT2D eigenvalue weighted by molar-refractivity contribution is -0.111. The molecule has 0 aliphatic carbocycles. The number of rotatable bonds is 12. The first-order valence-electron chi connectivity index (χ1n) is 13.2. The van der Waals surface area contributed by atoms with Crippen LogP contribution in [-0.2, 0) is 4.79 Å². The van der Waals surface area contributed by atoms with E-state index in [9.17, 15) is 4.79 Å². The van der Waals surface area contributed by atoms with Crippen LogP contribution in [0, 0.1) is 6.92 Å². The molecule has 41 heavy (non-hydrogen) atoms. The second kappa shape index (κ2) is 13.5. The lowest BCUT2D eigenvalue weighted by Crippen LogP contribution is -2.29. The molecule has 9 heteroatoms. The minimum absolute atomic E-state index is 0.313. The van der Waals surface area contributed by atoms with Crippen LogP contribution in [0.2, 0.25) is 0 Å². The molecule has 0 aliphatic heterocycles. The number of hydrogen-bond acceptors (Lipinski definition) is 8. The summed E-state index contributed by atoms with van der Waals surface area (Å²) >= 11 is 0. The minimum Gasteiger partial charge on any atom is -0.494 e. The number of para-hydroxylation sites is 1. The normalized spacial score (nSPS) is 10.7. The maximum atomic E-state index is 12.3. The van der Waals surface area contributed by atoms with Crippen molar-refractivity contribution in [3.8, 4) is 28.5 Å². The van der Waals surface area contributed by atoms with Crippen LogP contribution in [0.25, 0.3) is 11.3 Å². The Labute approximate surface area is 241 Å². The van der Waals surface area contributed by atoms with Gasteiger partial charge in [0.1, 0.15) is 17.2 Å². The zero-order valence-corrected chi connectivity index (χ0v) is 24.1. The number of benzene rings is 3. The van der Waals surface area contributed by atoms with Gasteiger partial charge < -0.3 is 29.9 Å². The summed E-state index contributed by atoms with van der Waals surface area (Å²) < 4.78 is 11.9. The topological polar surface area (TPSA) is 91.8 Å². The van der Waals surface area contributed by atoms with Gasteiger partial charge in [0, 0.05) is 38.0 Å². The van der Waals surface area contributed by atoms with Crippen molar-refractivity contribution in [1.82, 2.24) is 14.9 Å². The van der Waals surface area contributed by atoms with Crippen LogP contribution in [0.3, 0.4) is 0 Å². The molecular formula is C32H36N6O3.